The van der Waals surface area contributed by atoms with E-state index in [2.05, 4.69) is 10.3 Å². The van der Waals surface area contributed by atoms with E-state index in [4.69, 9.17) is 11.6 Å². The summed E-state index contributed by atoms with van der Waals surface area (Å²) in [5.41, 5.74) is 1.08. The highest BCUT2D eigenvalue weighted by atomic mass is 35.5. The number of nitrogens with one attached hydrogen (secondary N) is 1. The Labute approximate surface area is 83.3 Å². The minimum absolute atomic E-state index is 0.554. The Kier molecular flexibility index (Phi) is 2.69. The number of halogens is 1. The van der Waals surface area contributed by atoms with Crippen molar-refractivity contribution in [2.45, 2.75) is 19.3 Å². The van der Waals surface area contributed by atoms with Crippen molar-refractivity contribution in [1.29, 1.82) is 0 Å². The second-order valence-corrected chi connectivity index (χ2v) is 3.93. The summed E-state index contributed by atoms with van der Waals surface area (Å²) in [6, 6.07) is 3.81. The van der Waals surface area contributed by atoms with Crippen LogP contribution in [0.25, 0.3) is 0 Å². The van der Waals surface area contributed by atoms with E-state index in [0.717, 1.165) is 18.2 Å². The third-order valence-electron chi connectivity index (χ3n) is 2.55. The van der Waals surface area contributed by atoms with Crippen molar-refractivity contribution in [2.24, 2.45) is 5.92 Å². The average molecular weight is 197 g/mol. The molecule has 1 aromatic rings. The van der Waals surface area contributed by atoms with Gasteiger partial charge in [0.05, 0.1) is 0 Å². The third-order valence-corrected chi connectivity index (χ3v) is 2.75. The second kappa shape index (κ2) is 3.97. The fourth-order valence-corrected chi connectivity index (χ4v) is 1.65. The molecule has 70 valence electrons. The summed E-state index contributed by atoms with van der Waals surface area (Å²) in [5, 5.41) is 3.92. The van der Waals surface area contributed by atoms with Gasteiger partial charge in [-0.25, -0.2) is 4.98 Å². The van der Waals surface area contributed by atoms with Crippen LogP contribution in [0.5, 0.6) is 0 Å². The maximum atomic E-state index is 5.76. The van der Waals surface area contributed by atoms with E-state index in [9.17, 15) is 0 Å². The Bertz CT molecular complexity index is 284. The first-order chi connectivity index (χ1) is 6.34. The molecule has 0 amide bonds. The van der Waals surface area contributed by atoms with E-state index >= 15 is 0 Å². The molecule has 0 atom stereocenters. The molecule has 0 aromatic carbocycles. The summed E-state index contributed by atoms with van der Waals surface area (Å²) in [6.07, 6.45) is 5.85. The summed E-state index contributed by atoms with van der Waals surface area (Å²) in [7, 11) is 0. The van der Waals surface area contributed by atoms with Crippen molar-refractivity contribution in [3.63, 3.8) is 0 Å². The van der Waals surface area contributed by atoms with Gasteiger partial charge >= 0.3 is 0 Å². The Morgan fingerprint density at radius 3 is 3.00 bits per heavy atom. The molecule has 2 rings (SSSR count). The van der Waals surface area contributed by atoms with E-state index < -0.39 is 0 Å². The fraction of sp³-hybridized carbons (Fsp3) is 0.500. The van der Waals surface area contributed by atoms with Crippen molar-refractivity contribution in [2.75, 3.05) is 11.9 Å². The van der Waals surface area contributed by atoms with Gasteiger partial charge in [0.25, 0.3) is 0 Å². The SMILES string of the molecule is Clc1cc(NCC2CCC2)ccn1. The van der Waals surface area contributed by atoms with Crippen molar-refractivity contribution in [1.82, 2.24) is 4.98 Å². The number of pyridine rings is 1. The molecule has 1 saturated carbocycles. The number of hydrogen-bond donors (Lipinski definition) is 1. The van der Waals surface area contributed by atoms with Crippen LogP contribution in [-0.2, 0) is 0 Å². The van der Waals surface area contributed by atoms with Crippen LogP contribution in [0.1, 0.15) is 19.3 Å². The smallest absolute Gasteiger partial charge is 0.131 e. The van der Waals surface area contributed by atoms with Gasteiger partial charge in [0.15, 0.2) is 0 Å². The summed E-state index contributed by atoms with van der Waals surface area (Å²) in [4.78, 5) is 3.93. The van der Waals surface area contributed by atoms with Gasteiger partial charge in [-0.2, -0.15) is 0 Å². The Morgan fingerprint density at radius 1 is 1.54 bits per heavy atom. The first-order valence-corrected chi connectivity index (χ1v) is 5.08. The Hall–Kier alpha value is -0.760. The maximum absolute atomic E-state index is 5.76. The van der Waals surface area contributed by atoms with Crippen molar-refractivity contribution < 1.29 is 0 Å². The number of anilines is 1. The van der Waals surface area contributed by atoms with Crippen LogP contribution >= 0.6 is 11.6 Å². The van der Waals surface area contributed by atoms with Crippen LogP contribution in [0, 0.1) is 5.92 Å². The average Bonchev–Trinajstić information content (AvgIpc) is 2.01. The van der Waals surface area contributed by atoms with Gasteiger partial charge in [0.2, 0.25) is 0 Å². The monoisotopic (exact) mass is 196 g/mol. The fourth-order valence-electron chi connectivity index (χ4n) is 1.47. The van der Waals surface area contributed by atoms with Gasteiger partial charge in [-0.3, -0.25) is 0 Å². The van der Waals surface area contributed by atoms with Crippen LogP contribution in [-0.4, -0.2) is 11.5 Å². The molecule has 0 aliphatic heterocycles. The number of hydrogen-bond acceptors (Lipinski definition) is 2. The predicted molar refractivity (Wildman–Crippen MR) is 55.1 cm³/mol. The number of aromatic nitrogens is 1. The molecule has 0 unspecified atom stereocenters. The lowest BCUT2D eigenvalue weighted by Crippen LogP contribution is -2.20. The minimum atomic E-state index is 0.554. The first-order valence-electron chi connectivity index (χ1n) is 4.70. The highest BCUT2D eigenvalue weighted by molar-refractivity contribution is 6.29. The second-order valence-electron chi connectivity index (χ2n) is 3.55. The lowest BCUT2D eigenvalue weighted by Gasteiger charge is -2.25. The lowest BCUT2D eigenvalue weighted by atomic mass is 9.85. The van der Waals surface area contributed by atoms with Gasteiger partial charge in [0, 0.05) is 18.4 Å². The topological polar surface area (TPSA) is 24.9 Å². The molecular formula is C10H13ClN2. The zero-order valence-electron chi connectivity index (χ0n) is 7.46. The summed E-state index contributed by atoms with van der Waals surface area (Å²) in [5.74, 6) is 0.868. The molecule has 13 heavy (non-hydrogen) atoms. The minimum Gasteiger partial charge on any atom is -0.385 e. The molecule has 1 aromatic heterocycles. The molecule has 0 saturated heterocycles. The summed E-state index contributed by atoms with van der Waals surface area (Å²) < 4.78 is 0. The molecule has 1 aliphatic carbocycles. The quantitative estimate of drug-likeness (QED) is 0.752. The van der Waals surface area contributed by atoms with E-state index in [1.807, 2.05) is 12.1 Å². The highest BCUT2D eigenvalue weighted by Gasteiger charge is 2.16. The zero-order chi connectivity index (χ0) is 9.10. The summed E-state index contributed by atoms with van der Waals surface area (Å²) in [6.45, 7) is 1.07. The van der Waals surface area contributed by atoms with Gasteiger partial charge in [-0.1, -0.05) is 18.0 Å². The van der Waals surface area contributed by atoms with Crippen LogP contribution in [0.2, 0.25) is 5.15 Å². The predicted octanol–water partition coefficient (Wildman–Crippen LogP) is 2.95. The number of rotatable bonds is 3. The highest BCUT2D eigenvalue weighted by Crippen LogP contribution is 2.26. The van der Waals surface area contributed by atoms with E-state index in [1.165, 1.54) is 19.3 Å². The molecule has 0 bridgehead atoms. The number of nitrogens with zero attached hydrogens (tertiary/aromatic N) is 1. The zero-order valence-corrected chi connectivity index (χ0v) is 8.22. The van der Waals surface area contributed by atoms with Crippen molar-refractivity contribution >= 4 is 17.3 Å². The Balaban J connectivity index is 1.86. The molecule has 0 spiro atoms. The molecule has 2 nitrogen and oxygen atoms in total. The normalized spacial score (nSPS) is 16.7. The van der Waals surface area contributed by atoms with Crippen molar-refractivity contribution in [3.05, 3.63) is 23.5 Å². The molecule has 1 N–H and O–H groups in total. The third kappa shape index (κ3) is 2.34. The van der Waals surface area contributed by atoms with Crippen LogP contribution in [0.15, 0.2) is 18.3 Å². The summed E-state index contributed by atoms with van der Waals surface area (Å²) >= 11 is 5.76. The van der Waals surface area contributed by atoms with Crippen LogP contribution < -0.4 is 5.32 Å². The van der Waals surface area contributed by atoms with Gasteiger partial charge in [-0.15, -0.1) is 0 Å². The van der Waals surface area contributed by atoms with Crippen LogP contribution in [0.3, 0.4) is 0 Å². The maximum Gasteiger partial charge on any atom is 0.131 e. The van der Waals surface area contributed by atoms with E-state index in [1.54, 1.807) is 6.20 Å². The molecule has 3 heteroatoms. The van der Waals surface area contributed by atoms with Gasteiger partial charge in [-0.05, 0) is 30.9 Å². The molecule has 0 radical (unpaired) electrons. The largest absolute Gasteiger partial charge is 0.385 e. The standard InChI is InChI=1S/C10H13ClN2/c11-10-6-9(4-5-12-10)13-7-8-2-1-3-8/h4-6,8H,1-3,7H2,(H,12,13). The molecular weight excluding hydrogens is 184 g/mol. The molecule has 1 aliphatic rings. The van der Waals surface area contributed by atoms with E-state index in [-0.39, 0.29) is 0 Å². The van der Waals surface area contributed by atoms with Crippen LogP contribution in [0.4, 0.5) is 5.69 Å². The van der Waals surface area contributed by atoms with Gasteiger partial charge < -0.3 is 5.32 Å². The molecule has 1 fully saturated rings. The van der Waals surface area contributed by atoms with Crippen molar-refractivity contribution in [3.8, 4) is 0 Å². The van der Waals surface area contributed by atoms with Gasteiger partial charge in [0.1, 0.15) is 5.15 Å². The van der Waals surface area contributed by atoms with E-state index in [0.29, 0.717) is 5.15 Å². The lowest BCUT2D eigenvalue weighted by molar-refractivity contribution is 0.333. The Morgan fingerprint density at radius 2 is 2.38 bits per heavy atom. The molecule has 1 heterocycles. The first kappa shape index (κ1) is 8.82.